The van der Waals surface area contributed by atoms with Crippen LogP contribution in [-0.2, 0) is 20.1 Å². The summed E-state index contributed by atoms with van der Waals surface area (Å²) in [6.07, 6.45) is 2.17. The van der Waals surface area contributed by atoms with Gasteiger partial charge in [-0.25, -0.2) is 9.78 Å². The fourth-order valence-corrected chi connectivity index (χ4v) is 3.50. The van der Waals surface area contributed by atoms with Gasteiger partial charge >= 0.3 is 5.69 Å². The molecule has 6 nitrogen and oxygen atoms in total. The molecular formula is C12H16N4O2S. The van der Waals surface area contributed by atoms with E-state index in [1.54, 1.807) is 18.8 Å². The monoisotopic (exact) mass is 280 g/mol. The predicted octanol–water partition coefficient (Wildman–Crippen LogP) is 0.802. The van der Waals surface area contributed by atoms with Crippen molar-refractivity contribution in [2.24, 2.45) is 7.05 Å². The molecule has 0 aliphatic carbocycles. The van der Waals surface area contributed by atoms with Crippen LogP contribution in [0.25, 0.3) is 11.2 Å². The third kappa shape index (κ3) is 1.75. The zero-order valence-corrected chi connectivity index (χ0v) is 11.9. The second-order valence-corrected chi connectivity index (χ2v) is 5.73. The van der Waals surface area contributed by atoms with Gasteiger partial charge in [-0.05, 0) is 19.8 Å². The molecule has 2 aromatic heterocycles. The summed E-state index contributed by atoms with van der Waals surface area (Å²) in [5, 5.41) is 0.855. The van der Waals surface area contributed by atoms with Crippen molar-refractivity contribution in [2.45, 2.75) is 38.0 Å². The standard InChI is InChI=1S/C12H16N4O2S/c1-3-15-10(17)8-9(14(2)12(15)18)13-11-16(8)6-4-5-7-19-11/h3-7H2,1-2H3. The molecule has 0 saturated carbocycles. The van der Waals surface area contributed by atoms with Crippen molar-refractivity contribution in [3.8, 4) is 0 Å². The third-order valence-electron chi connectivity index (χ3n) is 3.52. The molecule has 0 N–H and O–H groups in total. The Balaban J connectivity index is 2.45. The fraction of sp³-hybridized carbons (Fsp3) is 0.583. The van der Waals surface area contributed by atoms with E-state index in [-0.39, 0.29) is 11.2 Å². The zero-order valence-electron chi connectivity index (χ0n) is 11.0. The van der Waals surface area contributed by atoms with Crippen LogP contribution in [-0.4, -0.2) is 24.4 Å². The Morgan fingerprint density at radius 1 is 1.32 bits per heavy atom. The summed E-state index contributed by atoms with van der Waals surface area (Å²) in [5.41, 5.74) is 0.553. The van der Waals surface area contributed by atoms with Gasteiger partial charge in [-0.3, -0.25) is 13.9 Å². The Morgan fingerprint density at radius 2 is 2.11 bits per heavy atom. The Hall–Kier alpha value is -1.50. The molecule has 1 aliphatic heterocycles. The average molecular weight is 280 g/mol. The number of aromatic nitrogens is 4. The van der Waals surface area contributed by atoms with Gasteiger partial charge in [0.2, 0.25) is 0 Å². The lowest BCUT2D eigenvalue weighted by Gasteiger charge is -2.07. The first-order valence-electron chi connectivity index (χ1n) is 6.48. The maximum atomic E-state index is 12.5. The molecule has 0 saturated heterocycles. The molecule has 102 valence electrons. The highest BCUT2D eigenvalue weighted by atomic mass is 32.2. The molecule has 3 rings (SSSR count). The number of thioether (sulfide) groups is 1. The third-order valence-corrected chi connectivity index (χ3v) is 4.58. The lowest BCUT2D eigenvalue weighted by Crippen LogP contribution is -2.39. The highest BCUT2D eigenvalue weighted by molar-refractivity contribution is 7.99. The Kier molecular flexibility index (Phi) is 3.00. The smallest absolute Gasteiger partial charge is 0.313 e. The molecule has 0 unspecified atom stereocenters. The minimum Gasteiger partial charge on any atom is -0.313 e. The van der Waals surface area contributed by atoms with E-state index < -0.39 is 0 Å². The largest absolute Gasteiger partial charge is 0.332 e. The van der Waals surface area contributed by atoms with Crippen LogP contribution in [0.3, 0.4) is 0 Å². The Morgan fingerprint density at radius 3 is 2.84 bits per heavy atom. The molecule has 0 atom stereocenters. The van der Waals surface area contributed by atoms with Crippen LogP contribution in [0.15, 0.2) is 14.7 Å². The van der Waals surface area contributed by atoms with E-state index in [9.17, 15) is 9.59 Å². The lowest BCUT2D eigenvalue weighted by atomic mass is 10.3. The van der Waals surface area contributed by atoms with E-state index in [2.05, 4.69) is 4.98 Å². The number of nitrogens with zero attached hydrogens (tertiary/aromatic N) is 4. The van der Waals surface area contributed by atoms with Crippen molar-refractivity contribution < 1.29 is 0 Å². The van der Waals surface area contributed by atoms with Gasteiger partial charge in [-0.1, -0.05) is 11.8 Å². The number of aryl methyl sites for hydroxylation is 2. The maximum absolute atomic E-state index is 12.5. The highest BCUT2D eigenvalue weighted by Gasteiger charge is 2.20. The summed E-state index contributed by atoms with van der Waals surface area (Å²) < 4.78 is 4.72. The van der Waals surface area contributed by atoms with Crippen molar-refractivity contribution in [3.05, 3.63) is 20.8 Å². The van der Waals surface area contributed by atoms with E-state index in [0.29, 0.717) is 17.7 Å². The molecule has 0 aromatic carbocycles. The molecular weight excluding hydrogens is 264 g/mol. The molecule has 0 radical (unpaired) electrons. The van der Waals surface area contributed by atoms with Gasteiger partial charge in [0.15, 0.2) is 16.3 Å². The van der Waals surface area contributed by atoms with E-state index in [0.717, 1.165) is 30.3 Å². The Labute approximate surface area is 114 Å². The van der Waals surface area contributed by atoms with Crippen LogP contribution in [0, 0.1) is 0 Å². The molecule has 7 heteroatoms. The summed E-state index contributed by atoms with van der Waals surface area (Å²) in [5.74, 6) is 1.01. The Bertz CT molecular complexity index is 756. The summed E-state index contributed by atoms with van der Waals surface area (Å²) in [7, 11) is 1.67. The summed E-state index contributed by atoms with van der Waals surface area (Å²) in [6, 6.07) is 0. The van der Waals surface area contributed by atoms with Gasteiger partial charge in [0.05, 0.1) is 0 Å². The van der Waals surface area contributed by atoms with Crippen LogP contribution in [0.4, 0.5) is 0 Å². The van der Waals surface area contributed by atoms with Crippen molar-refractivity contribution in [2.75, 3.05) is 5.75 Å². The van der Waals surface area contributed by atoms with E-state index in [1.807, 2.05) is 11.5 Å². The first-order chi connectivity index (χ1) is 9.15. The molecule has 3 heterocycles. The normalized spacial score (nSPS) is 15.5. The number of hydrogen-bond acceptors (Lipinski definition) is 4. The maximum Gasteiger partial charge on any atom is 0.332 e. The first-order valence-corrected chi connectivity index (χ1v) is 7.46. The first kappa shape index (κ1) is 12.5. The SMILES string of the molecule is CCn1c(=O)c2c(nc3n2CCCCS3)n(C)c1=O. The number of rotatable bonds is 1. The summed E-state index contributed by atoms with van der Waals surface area (Å²) >= 11 is 1.66. The molecule has 19 heavy (non-hydrogen) atoms. The molecule has 1 aliphatic rings. The predicted molar refractivity (Wildman–Crippen MR) is 74.9 cm³/mol. The van der Waals surface area contributed by atoms with Crippen LogP contribution < -0.4 is 11.2 Å². The van der Waals surface area contributed by atoms with Gasteiger partial charge < -0.3 is 4.57 Å². The van der Waals surface area contributed by atoms with Gasteiger partial charge in [-0.2, -0.15) is 0 Å². The zero-order chi connectivity index (χ0) is 13.6. The summed E-state index contributed by atoms with van der Waals surface area (Å²) in [6.45, 7) is 2.99. The minimum atomic E-state index is -0.293. The van der Waals surface area contributed by atoms with Crippen molar-refractivity contribution in [1.29, 1.82) is 0 Å². The van der Waals surface area contributed by atoms with Crippen LogP contribution in [0.1, 0.15) is 19.8 Å². The number of hydrogen-bond donors (Lipinski definition) is 0. The molecule has 0 bridgehead atoms. The molecule has 0 amide bonds. The van der Waals surface area contributed by atoms with E-state index in [4.69, 9.17) is 0 Å². The second kappa shape index (κ2) is 4.56. The van der Waals surface area contributed by atoms with E-state index >= 15 is 0 Å². The van der Waals surface area contributed by atoms with Gasteiger partial charge in [0, 0.05) is 25.9 Å². The molecule has 2 aromatic rings. The quantitative estimate of drug-likeness (QED) is 0.775. The minimum absolute atomic E-state index is 0.221. The fourth-order valence-electron chi connectivity index (χ4n) is 2.48. The van der Waals surface area contributed by atoms with Crippen LogP contribution >= 0.6 is 11.8 Å². The summed E-state index contributed by atoms with van der Waals surface area (Å²) in [4.78, 5) is 29.0. The lowest BCUT2D eigenvalue weighted by molar-refractivity contribution is 0.604. The molecule has 0 spiro atoms. The average Bonchev–Trinajstić information content (AvgIpc) is 2.61. The van der Waals surface area contributed by atoms with Crippen LogP contribution in [0.5, 0.6) is 0 Å². The van der Waals surface area contributed by atoms with Gasteiger partial charge in [-0.15, -0.1) is 0 Å². The van der Waals surface area contributed by atoms with Gasteiger partial charge in [0.25, 0.3) is 5.56 Å². The van der Waals surface area contributed by atoms with Gasteiger partial charge in [0.1, 0.15) is 0 Å². The van der Waals surface area contributed by atoms with E-state index in [1.165, 1.54) is 9.13 Å². The topological polar surface area (TPSA) is 61.8 Å². The number of fused-ring (bicyclic) bond motifs is 3. The van der Waals surface area contributed by atoms with Crippen molar-refractivity contribution >= 4 is 22.9 Å². The van der Waals surface area contributed by atoms with Crippen molar-refractivity contribution in [3.63, 3.8) is 0 Å². The number of imidazole rings is 1. The van der Waals surface area contributed by atoms with Crippen LogP contribution in [0.2, 0.25) is 0 Å². The second-order valence-electron chi connectivity index (χ2n) is 4.66. The van der Waals surface area contributed by atoms with Crippen molar-refractivity contribution in [1.82, 2.24) is 18.7 Å². The molecule has 0 fully saturated rings. The highest BCUT2D eigenvalue weighted by Crippen LogP contribution is 2.26.